The molecule has 0 saturated carbocycles. The number of piperidine rings is 1. The van der Waals surface area contributed by atoms with Crippen molar-refractivity contribution in [3.05, 3.63) is 48.7 Å². The fourth-order valence-electron chi connectivity index (χ4n) is 3.36. The predicted octanol–water partition coefficient (Wildman–Crippen LogP) is 3.69. The molecule has 0 radical (unpaired) electrons. The third-order valence-electron chi connectivity index (χ3n) is 4.66. The lowest BCUT2D eigenvalue weighted by Gasteiger charge is -2.34. The number of nitrogens with zero attached hydrogens (tertiary/aromatic N) is 5. The van der Waals surface area contributed by atoms with Gasteiger partial charge in [-0.15, -0.1) is 0 Å². The van der Waals surface area contributed by atoms with Crippen LogP contribution in [0.2, 0.25) is 0 Å². The summed E-state index contributed by atoms with van der Waals surface area (Å²) < 4.78 is 40.6. The number of pyridine rings is 1. The minimum atomic E-state index is -4.36. The molecule has 1 aromatic carbocycles. The van der Waals surface area contributed by atoms with Crippen LogP contribution in [0.4, 0.5) is 18.9 Å². The Kier molecular flexibility index (Phi) is 3.82. The molecule has 1 fully saturated rings. The number of alkyl halides is 3. The smallest absolute Gasteiger partial charge is 0.371 e. The molecule has 0 amide bonds. The molecule has 1 aliphatic rings. The Balaban J connectivity index is 1.60. The fourth-order valence-corrected chi connectivity index (χ4v) is 3.36. The van der Waals surface area contributed by atoms with E-state index >= 15 is 0 Å². The average Bonchev–Trinajstić information content (AvgIpc) is 3.15. The monoisotopic (exact) mass is 347 g/mol. The van der Waals surface area contributed by atoms with Crippen LogP contribution in [0, 0.1) is 0 Å². The molecule has 25 heavy (non-hydrogen) atoms. The van der Waals surface area contributed by atoms with Crippen molar-refractivity contribution in [1.82, 2.24) is 19.7 Å². The molecule has 1 aliphatic heterocycles. The molecule has 0 atom stereocenters. The zero-order chi connectivity index (χ0) is 17.4. The summed E-state index contributed by atoms with van der Waals surface area (Å²) in [6.45, 7) is 1.62. The van der Waals surface area contributed by atoms with E-state index in [1.807, 2.05) is 10.7 Å². The molecule has 8 heteroatoms. The predicted molar refractivity (Wildman–Crippen MR) is 87.3 cm³/mol. The Hall–Kier alpha value is -2.64. The van der Waals surface area contributed by atoms with Crippen LogP contribution >= 0.6 is 0 Å². The summed E-state index contributed by atoms with van der Waals surface area (Å²) in [6, 6.07) is 5.93. The van der Waals surface area contributed by atoms with Gasteiger partial charge in [0.15, 0.2) is 0 Å². The summed E-state index contributed by atoms with van der Waals surface area (Å²) in [4.78, 5) is 10.3. The highest BCUT2D eigenvalue weighted by Crippen LogP contribution is 2.35. The van der Waals surface area contributed by atoms with Crippen LogP contribution in [0.15, 0.2) is 43.1 Å². The van der Waals surface area contributed by atoms with Gasteiger partial charge in [0.2, 0.25) is 0 Å². The Morgan fingerprint density at radius 1 is 1.08 bits per heavy atom. The van der Waals surface area contributed by atoms with E-state index in [-0.39, 0.29) is 0 Å². The summed E-state index contributed by atoms with van der Waals surface area (Å²) in [7, 11) is 0. The lowest BCUT2D eigenvalue weighted by Crippen LogP contribution is -2.34. The quantitative estimate of drug-likeness (QED) is 0.709. The number of benzene rings is 1. The van der Waals surface area contributed by atoms with Crippen molar-refractivity contribution in [1.29, 1.82) is 0 Å². The molecule has 5 nitrogen and oxygen atoms in total. The topological polar surface area (TPSA) is 46.8 Å². The second-order valence-electron chi connectivity index (χ2n) is 6.15. The Morgan fingerprint density at radius 2 is 1.88 bits per heavy atom. The van der Waals surface area contributed by atoms with Gasteiger partial charge in [-0.25, -0.2) is 9.67 Å². The van der Waals surface area contributed by atoms with Crippen LogP contribution in [0.1, 0.15) is 24.4 Å². The van der Waals surface area contributed by atoms with Crippen molar-refractivity contribution in [3.8, 4) is 0 Å². The molecule has 3 aromatic rings. The molecule has 0 spiro atoms. The number of anilines is 1. The van der Waals surface area contributed by atoms with Gasteiger partial charge in [0.1, 0.15) is 12.7 Å². The molecule has 0 N–H and O–H groups in total. The minimum absolute atomic E-state index is 0.309. The second kappa shape index (κ2) is 6.02. The van der Waals surface area contributed by atoms with Gasteiger partial charge in [0.25, 0.3) is 0 Å². The van der Waals surface area contributed by atoms with Crippen LogP contribution in [0.25, 0.3) is 10.9 Å². The van der Waals surface area contributed by atoms with Gasteiger partial charge < -0.3 is 4.90 Å². The van der Waals surface area contributed by atoms with E-state index < -0.39 is 11.7 Å². The third kappa shape index (κ3) is 3.04. The molecule has 0 aliphatic carbocycles. The van der Waals surface area contributed by atoms with Gasteiger partial charge in [0, 0.05) is 30.4 Å². The van der Waals surface area contributed by atoms with Crippen molar-refractivity contribution in [2.24, 2.45) is 0 Å². The van der Waals surface area contributed by atoms with Crippen molar-refractivity contribution >= 4 is 16.6 Å². The molecule has 0 unspecified atom stereocenters. The van der Waals surface area contributed by atoms with Crippen molar-refractivity contribution < 1.29 is 13.2 Å². The first kappa shape index (κ1) is 15.9. The Morgan fingerprint density at radius 3 is 2.56 bits per heavy atom. The molecule has 0 bridgehead atoms. The van der Waals surface area contributed by atoms with E-state index in [4.69, 9.17) is 0 Å². The maximum Gasteiger partial charge on any atom is 0.416 e. The summed E-state index contributed by atoms with van der Waals surface area (Å²) in [5, 5.41) is 4.94. The van der Waals surface area contributed by atoms with E-state index in [0.717, 1.165) is 49.1 Å². The SMILES string of the molecule is FC(F)(F)c1ccc2c(N3CCC(n4cncn4)CC3)ccnc2c1. The lowest BCUT2D eigenvalue weighted by atomic mass is 10.0. The van der Waals surface area contributed by atoms with Gasteiger partial charge >= 0.3 is 6.18 Å². The van der Waals surface area contributed by atoms with E-state index in [9.17, 15) is 13.2 Å². The van der Waals surface area contributed by atoms with Crippen LogP contribution < -0.4 is 4.90 Å². The normalized spacial score (nSPS) is 16.5. The largest absolute Gasteiger partial charge is 0.416 e. The van der Waals surface area contributed by atoms with E-state index in [0.29, 0.717) is 11.6 Å². The van der Waals surface area contributed by atoms with Crippen molar-refractivity contribution in [3.63, 3.8) is 0 Å². The highest BCUT2D eigenvalue weighted by molar-refractivity contribution is 5.92. The van der Waals surface area contributed by atoms with Crippen LogP contribution in [-0.4, -0.2) is 32.8 Å². The van der Waals surface area contributed by atoms with Crippen molar-refractivity contribution in [2.45, 2.75) is 25.1 Å². The minimum Gasteiger partial charge on any atom is -0.371 e. The molecule has 4 rings (SSSR count). The van der Waals surface area contributed by atoms with E-state index in [1.165, 1.54) is 12.4 Å². The zero-order valence-electron chi connectivity index (χ0n) is 13.3. The fraction of sp³-hybridized carbons (Fsp3) is 0.353. The molecule has 1 saturated heterocycles. The summed E-state index contributed by atoms with van der Waals surface area (Å²) in [6.07, 6.45) is 2.28. The number of halogens is 3. The van der Waals surface area contributed by atoms with Gasteiger partial charge in [0.05, 0.1) is 17.1 Å². The average molecular weight is 347 g/mol. The maximum absolute atomic E-state index is 12.9. The van der Waals surface area contributed by atoms with Gasteiger partial charge in [-0.2, -0.15) is 18.3 Å². The highest BCUT2D eigenvalue weighted by Gasteiger charge is 2.31. The van der Waals surface area contributed by atoms with Crippen LogP contribution in [0.3, 0.4) is 0 Å². The third-order valence-corrected chi connectivity index (χ3v) is 4.66. The first-order valence-electron chi connectivity index (χ1n) is 8.07. The van der Waals surface area contributed by atoms with Gasteiger partial charge in [-0.1, -0.05) is 6.07 Å². The number of hydrogen-bond acceptors (Lipinski definition) is 4. The molecule has 2 aromatic heterocycles. The first-order valence-corrected chi connectivity index (χ1v) is 8.07. The number of fused-ring (bicyclic) bond motifs is 1. The van der Waals surface area contributed by atoms with Crippen LogP contribution in [0.5, 0.6) is 0 Å². The van der Waals surface area contributed by atoms with E-state index in [1.54, 1.807) is 12.5 Å². The Bertz CT molecular complexity index is 868. The maximum atomic E-state index is 12.9. The molecular formula is C17H16F3N5. The molecule has 130 valence electrons. The Labute approximate surface area is 142 Å². The highest BCUT2D eigenvalue weighted by atomic mass is 19.4. The first-order chi connectivity index (χ1) is 12.0. The number of aromatic nitrogens is 4. The summed E-state index contributed by atoms with van der Waals surface area (Å²) in [5.74, 6) is 0. The van der Waals surface area contributed by atoms with Gasteiger partial charge in [-0.3, -0.25) is 4.98 Å². The second-order valence-corrected chi connectivity index (χ2v) is 6.15. The van der Waals surface area contributed by atoms with Crippen molar-refractivity contribution in [2.75, 3.05) is 18.0 Å². The van der Waals surface area contributed by atoms with Gasteiger partial charge in [-0.05, 0) is 31.0 Å². The summed E-state index contributed by atoms with van der Waals surface area (Å²) in [5.41, 5.74) is 0.621. The number of rotatable bonds is 2. The standard InChI is InChI=1S/C17H16F3N5/c18-17(19,20)12-1-2-14-15(9-12)22-6-3-16(14)24-7-4-13(5-8-24)25-11-21-10-23-25/h1-3,6,9-11,13H,4-5,7-8H2. The molecule has 3 heterocycles. The van der Waals surface area contributed by atoms with Crippen LogP contribution in [-0.2, 0) is 6.18 Å². The zero-order valence-corrected chi connectivity index (χ0v) is 13.3. The van der Waals surface area contributed by atoms with E-state index in [2.05, 4.69) is 20.0 Å². The number of hydrogen-bond donors (Lipinski definition) is 0. The summed E-state index contributed by atoms with van der Waals surface area (Å²) >= 11 is 0. The lowest BCUT2D eigenvalue weighted by molar-refractivity contribution is -0.137. The molecular weight excluding hydrogens is 331 g/mol.